The second-order valence-corrected chi connectivity index (χ2v) is 3.40. The molecule has 0 unspecified atom stereocenters. The van der Waals surface area contributed by atoms with Gasteiger partial charge in [0, 0.05) is 11.6 Å². The van der Waals surface area contributed by atoms with Crippen molar-refractivity contribution >= 4 is 5.82 Å². The van der Waals surface area contributed by atoms with Crippen molar-refractivity contribution in [1.29, 1.82) is 0 Å². The van der Waals surface area contributed by atoms with Gasteiger partial charge in [0.05, 0.1) is 5.69 Å². The van der Waals surface area contributed by atoms with Gasteiger partial charge < -0.3 is 10.5 Å². The van der Waals surface area contributed by atoms with Crippen molar-refractivity contribution in [3.8, 4) is 17.0 Å². The number of rotatable bonds is 2. The van der Waals surface area contributed by atoms with E-state index in [2.05, 4.69) is 14.7 Å². The fraction of sp³-hybridized carbons (Fsp3) is 0.0909. The van der Waals surface area contributed by atoms with Crippen LogP contribution in [-0.4, -0.2) is 16.3 Å². The molecule has 18 heavy (non-hydrogen) atoms. The molecule has 0 amide bonds. The maximum atomic E-state index is 12.0. The summed E-state index contributed by atoms with van der Waals surface area (Å²) < 4.78 is 39.6. The van der Waals surface area contributed by atoms with Gasteiger partial charge in [-0.2, -0.15) is 0 Å². The van der Waals surface area contributed by atoms with Crippen molar-refractivity contribution in [2.75, 3.05) is 5.73 Å². The quantitative estimate of drug-likeness (QED) is 0.896. The summed E-state index contributed by atoms with van der Waals surface area (Å²) in [5.41, 5.74) is 6.64. The Morgan fingerprint density at radius 3 is 2.28 bits per heavy atom. The van der Waals surface area contributed by atoms with Crippen LogP contribution in [0.4, 0.5) is 19.0 Å². The zero-order valence-corrected chi connectivity index (χ0v) is 8.98. The summed E-state index contributed by atoms with van der Waals surface area (Å²) >= 11 is 0. The number of nitrogen functional groups attached to an aromatic ring is 1. The summed E-state index contributed by atoms with van der Waals surface area (Å²) in [6.07, 6.45) is -3.41. The van der Waals surface area contributed by atoms with Crippen LogP contribution in [0, 0.1) is 0 Å². The molecule has 0 fully saturated rings. The van der Waals surface area contributed by atoms with Gasteiger partial charge in [0.2, 0.25) is 0 Å². The van der Waals surface area contributed by atoms with E-state index in [1.807, 2.05) is 0 Å². The van der Waals surface area contributed by atoms with Crippen LogP contribution in [0.2, 0.25) is 0 Å². The smallest absolute Gasteiger partial charge is 0.406 e. The first-order valence-electron chi connectivity index (χ1n) is 4.88. The third kappa shape index (κ3) is 3.09. The molecular weight excluding hydrogens is 247 g/mol. The number of aromatic nitrogens is 2. The van der Waals surface area contributed by atoms with E-state index < -0.39 is 6.36 Å². The molecule has 1 heterocycles. The number of hydrogen-bond acceptors (Lipinski definition) is 4. The molecule has 0 spiro atoms. The molecule has 0 radical (unpaired) electrons. The Kier molecular flexibility index (Phi) is 3.05. The van der Waals surface area contributed by atoms with Gasteiger partial charge in [0.1, 0.15) is 17.9 Å². The van der Waals surface area contributed by atoms with Crippen molar-refractivity contribution in [2.24, 2.45) is 0 Å². The molecule has 1 aromatic carbocycles. The number of nitrogens with two attached hydrogens (primary N) is 1. The number of nitrogens with zero attached hydrogens (tertiary/aromatic N) is 2. The van der Waals surface area contributed by atoms with E-state index in [9.17, 15) is 13.2 Å². The lowest BCUT2D eigenvalue weighted by Crippen LogP contribution is -2.16. The predicted octanol–water partition coefficient (Wildman–Crippen LogP) is 2.62. The van der Waals surface area contributed by atoms with E-state index in [-0.39, 0.29) is 11.6 Å². The maximum absolute atomic E-state index is 12.0. The molecule has 1 aromatic heterocycles. The minimum Gasteiger partial charge on any atom is -0.406 e. The maximum Gasteiger partial charge on any atom is 0.573 e. The third-order valence-electron chi connectivity index (χ3n) is 2.07. The van der Waals surface area contributed by atoms with Gasteiger partial charge in [0.25, 0.3) is 0 Å². The van der Waals surface area contributed by atoms with Gasteiger partial charge >= 0.3 is 6.36 Å². The number of ether oxygens (including phenoxy) is 1. The van der Waals surface area contributed by atoms with E-state index >= 15 is 0 Å². The standard InChI is InChI=1S/C11H8F3N3O/c12-11(13,14)18-8-3-1-7(2-4-8)9-5-10(15)17-6-16-9/h1-6H,(H2,15,16,17). The Hall–Kier alpha value is -2.31. The molecule has 2 N–H and O–H groups in total. The Labute approximate surface area is 100 Å². The Morgan fingerprint density at radius 1 is 1.06 bits per heavy atom. The van der Waals surface area contributed by atoms with Crippen LogP contribution in [0.15, 0.2) is 36.7 Å². The zero-order chi connectivity index (χ0) is 13.2. The van der Waals surface area contributed by atoms with Crippen LogP contribution in [-0.2, 0) is 0 Å². The summed E-state index contributed by atoms with van der Waals surface area (Å²) in [6.45, 7) is 0. The summed E-state index contributed by atoms with van der Waals surface area (Å²) in [7, 11) is 0. The lowest BCUT2D eigenvalue weighted by atomic mass is 10.1. The Morgan fingerprint density at radius 2 is 1.72 bits per heavy atom. The first-order chi connectivity index (χ1) is 8.44. The van der Waals surface area contributed by atoms with E-state index in [4.69, 9.17) is 5.73 Å². The molecule has 0 atom stereocenters. The predicted molar refractivity (Wildman–Crippen MR) is 58.6 cm³/mol. The Bertz CT molecular complexity index is 540. The van der Waals surface area contributed by atoms with Crippen LogP contribution in [0.5, 0.6) is 5.75 Å². The molecule has 0 saturated carbocycles. The molecule has 2 rings (SSSR count). The van der Waals surface area contributed by atoms with Crippen molar-refractivity contribution in [2.45, 2.75) is 6.36 Å². The number of halogens is 3. The second kappa shape index (κ2) is 4.52. The normalized spacial score (nSPS) is 11.3. The molecule has 7 heteroatoms. The van der Waals surface area contributed by atoms with Gasteiger partial charge in [-0.25, -0.2) is 9.97 Å². The zero-order valence-electron chi connectivity index (χ0n) is 8.98. The summed E-state index contributed by atoms with van der Waals surface area (Å²) in [5.74, 6) is 0.00361. The SMILES string of the molecule is Nc1cc(-c2ccc(OC(F)(F)F)cc2)ncn1. The van der Waals surface area contributed by atoms with Gasteiger partial charge in [-0.15, -0.1) is 13.2 Å². The molecule has 0 aliphatic rings. The van der Waals surface area contributed by atoms with Gasteiger partial charge in [-0.1, -0.05) is 0 Å². The number of anilines is 1. The monoisotopic (exact) mass is 255 g/mol. The second-order valence-electron chi connectivity index (χ2n) is 3.40. The van der Waals surface area contributed by atoms with Crippen LogP contribution >= 0.6 is 0 Å². The number of hydrogen-bond donors (Lipinski definition) is 1. The molecular formula is C11H8F3N3O. The van der Waals surface area contributed by atoms with Crippen LogP contribution in [0.1, 0.15) is 0 Å². The molecule has 0 saturated heterocycles. The average Bonchev–Trinajstić information content (AvgIpc) is 2.28. The third-order valence-corrected chi connectivity index (χ3v) is 2.07. The summed E-state index contributed by atoms with van der Waals surface area (Å²) in [5, 5.41) is 0. The van der Waals surface area contributed by atoms with Crippen molar-refractivity contribution < 1.29 is 17.9 Å². The van der Waals surface area contributed by atoms with Gasteiger partial charge in [0.15, 0.2) is 0 Å². The minimum absolute atomic E-state index is 0.284. The summed E-state index contributed by atoms with van der Waals surface area (Å²) in [4.78, 5) is 7.68. The topological polar surface area (TPSA) is 61.0 Å². The lowest BCUT2D eigenvalue weighted by Gasteiger charge is -2.09. The fourth-order valence-corrected chi connectivity index (χ4v) is 1.36. The van der Waals surface area contributed by atoms with Crippen LogP contribution in [0.3, 0.4) is 0 Å². The molecule has 0 aliphatic carbocycles. The van der Waals surface area contributed by atoms with Crippen molar-refractivity contribution in [1.82, 2.24) is 9.97 Å². The van der Waals surface area contributed by atoms with Gasteiger partial charge in [-0.05, 0) is 24.3 Å². The molecule has 4 nitrogen and oxygen atoms in total. The minimum atomic E-state index is -4.69. The highest BCUT2D eigenvalue weighted by Gasteiger charge is 2.30. The van der Waals surface area contributed by atoms with Crippen molar-refractivity contribution in [3.63, 3.8) is 0 Å². The van der Waals surface area contributed by atoms with E-state index in [1.54, 1.807) is 0 Å². The largest absolute Gasteiger partial charge is 0.573 e. The lowest BCUT2D eigenvalue weighted by molar-refractivity contribution is -0.274. The number of alkyl halides is 3. The van der Waals surface area contributed by atoms with Crippen molar-refractivity contribution in [3.05, 3.63) is 36.7 Å². The molecule has 2 aromatic rings. The van der Waals surface area contributed by atoms with E-state index in [0.29, 0.717) is 11.3 Å². The molecule has 94 valence electrons. The Balaban J connectivity index is 2.22. The first-order valence-corrected chi connectivity index (χ1v) is 4.88. The highest BCUT2D eigenvalue weighted by atomic mass is 19.4. The average molecular weight is 255 g/mol. The molecule has 0 aliphatic heterocycles. The molecule has 0 bridgehead atoms. The highest BCUT2D eigenvalue weighted by Crippen LogP contribution is 2.25. The first kappa shape index (κ1) is 12.2. The fourth-order valence-electron chi connectivity index (χ4n) is 1.36. The highest BCUT2D eigenvalue weighted by molar-refractivity contribution is 5.62. The van der Waals surface area contributed by atoms with E-state index in [0.717, 1.165) is 0 Å². The van der Waals surface area contributed by atoms with E-state index in [1.165, 1.54) is 36.7 Å². The van der Waals surface area contributed by atoms with Gasteiger partial charge in [-0.3, -0.25) is 0 Å². The number of benzene rings is 1. The van der Waals surface area contributed by atoms with Crippen LogP contribution < -0.4 is 10.5 Å². The summed E-state index contributed by atoms with van der Waals surface area (Å²) in [6, 6.07) is 6.87. The van der Waals surface area contributed by atoms with Crippen LogP contribution in [0.25, 0.3) is 11.3 Å².